The van der Waals surface area contributed by atoms with Gasteiger partial charge in [0.05, 0.1) is 19.3 Å². The van der Waals surface area contributed by atoms with Gasteiger partial charge in [-0.25, -0.2) is 0 Å². The molecule has 2 N–H and O–H groups in total. The second kappa shape index (κ2) is 7.31. The molecule has 4 heteroatoms. The molecule has 102 valence electrons. The van der Waals surface area contributed by atoms with Crippen LogP contribution in [-0.2, 0) is 14.2 Å². The molecule has 17 heavy (non-hydrogen) atoms. The van der Waals surface area contributed by atoms with E-state index in [1.54, 1.807) is 7.11 Å². The van der Waals surface area contributed by atoms with Gasteiger partial charge in [0, 0.05) is 31.8 Å². The number of rotatable bonds is 9. The van der Waals surface area contributed by atoms with Crippen LogP contribution in [0.5, 0.6) is 0 Å². The Balaban J connectivity index is 2.00. The third-order valence-electron chi connectivity index (χ3n) is 4.00. The Labute approximate surface area is 105 Å². The van der Waals surface area contributed by atoms with E-state index in [4.69, 9.17) is 19.9 Å². The Kier molecular flexibility index (Phi) is 6.41. The van der Waals surface area contributed by atoms with Crippen LogP contribution in [-0.4, -0.2) is 45.7 Å². The van der Waals surface area contributed by atoms with Crippen LogP contribution < -0.4 is 5.73 Å². The van der Waals surface area contributed by atoms with Crippen molar-refractivity contribution in [2.45, 2.75) is 45.3 Å². The minimum atomic E-state index is 0.163. The summed E-state index contributed by atoms with van der Waals surface area (Å²) >= 11 is 0. The Morgan fingerprint density at radius 2 is 2.00 bits per heavy atom. The van der Waals surface area contributed by atoms with Crippen molar-refractivity contribution < 1.29 is 14.2 Å². The second-order valence-corrected chi connectivity index (χ2v) is 5.02. The molecule has 0 bridgehead atoms. The first-order chi connectivity index (χ1) is 8.15. The number of hydrogen-bond donors (Lipinski definition) is 1. The molecule has 0 aromatic heterocycles. The third-order valence-corrected chi connectivity index (χ3v) is 4.00. The fourth-order valence-electron chi connectivity index (χ4n) is 2.25. The minimum absolute atomic E-state index is 0.163. The van der Waals surface area contributed by atoms with Crippen molar-refractivity contribution >= 4 is 0 Å². The highest BCUT2D eigenvalue weighted by molar-refractivity contribution is 5.02. The number of methoxy groups -OCH3 is 1. The molecule has 1 aliphatic carbocycles. The zero-order valence-corrected chi connectivity index (χ0v) is 11.4. The van der Waals surface area contributed by atoms with Gasteiger partial charge in [0.25, 0.3) is 0 Å². The van der Waals surface area contributed by atoms with Crippen LogP contribution in [0.25, 0.3) is 0 Å². The second-order valence-electron chi connectivity index (χ2n) is 5.02. The first kappa shape index (κ1) is 14.9. The zero-order valence-electron chi connectivity index (χ0n) is 11.4. The predicted octanol–water partition coefficient (Wildman–Crippen LogP) is 1.57. The summed E-state index contributed by atoms with van der Waals surface area (Å²) in [6.07, 6.45) is 3.31. The first-order valence-corrected chi connectivity index (χ1v) is 6.59. The SMILES string of the molecule is CCC1(C)C(N)CC1OCCOCCCOC. The van der Waals surface area contributed by atoms with Crippen LogP contribution in [0.1, 0.15) is 33.1 Å². The van der Waals surface area contributed by atoms with E-state index in [2.05, 4.69) is 13.8 Å². The molecule has 0 aliphatic heterocycles. The van der Waals surface area contributed by atoms with Crippen molar-refractivity contribution in [2.24, 2.45) is 11.1 Å². The van der Waals surface area contributed by atoms with Gasteiger partial charge in [-0.1, -0.05) is 13.8 Å². The normalized spacial score (nSPS) is 32.5. The standard InChI is InChI=1S/C13H27NO3/c1-4-13(2)11(14)10-12(13)17-9-8-16-7-5-6-15-3/h11-12H,4-10,14H2,1-3H3. The summed E-state index contributed by atoms with van der Waals surface area (Å²) in [6.45, 7) is 7.22. The van der Waals surface area contributed by atoms with Gasteiger partial charge in [-0.05, 0) is 19.3 Å². The van der Waals surface area contributed by atoms with Gasteiger partial charge in [0.1, 0.15) is 0 Å². The van der Waals surface area contributed by atoms with Crippen LogP contribution in [0.4, 0.5) is 0 Å². The van der Waals surface area contributed by atoms with Crippen molar-refractivity contribution in [1.82, 2.24) is 0 Å². The van der Waals surface area contributed by atoms with E-state index < -0.39 is 0 Å². The lowest BCUT2D eigenvalue weighted by molar-refractivity contribution is -0.128. The average molecular weight is 245 g/mol. The highest BCUT2D eigenvalue weighted by Crippen LogP contribution is 2.44. The molecule has 1 rings (SSSR count). The summed E-state index contributed by atoms with van der Waals surface area (Å²) in [5, 5.41) is 0. The van der Waals surface area contributed by atoms with Crippen LogP contribution in [0.15, 0.2) is 0 Å². The van der Waals surface area contributed by atoms with Crippen molar-refractivity contribution in [3.05, 3.63) is 0 Å². The minimum Gasteiger partial charge on any atom is -0.385 e. The van der Waals surface area contributed by atoms with E-state index in [1.165, 1.54) is 0 Å². The lowest BCUT2D eigenvalue weighted by atomic mass is 9.62. The van der Waals surface area contributed by atoms with E-state index in [9.17, 15) is 0 Å². The lowest BCUT2D eigenvalue weighted by Gasteiger charge is -2.51. The zero-order chi connectivity index (χ0) is 12.7. The summed E-state index contributed by atoms with van der Waals surface area (Å²) < 4.78 is 16.2. The molecule has 0 spiro atoms. The van der Waals surface area contributed by atoms with Crippen molar-refractivity contribution in [2.75, 3.05) is 33.5 Å². The Morgan fingerprint density at radius 3 is 2.59 bits per heavy atom. The fraction of sp³-hybridized carbons (Fsp3) is 1.00. The van der Waals surface area contributed by atoms with Gasteiger partial charge in [-0.3, -0.25) is 0 Å². The predicted molar refractivity (Wildman–Crippen MR) is 68.0 cm³/mol. The monoisotopic (exact) mass is 245 g/mol. The van der Waals surface area contributed by atoms with Gasteiger partial charge < -0.3 is 19.9 Å². The molecule has 0 radical (unpaired) electrons. The molecule has 0 aromatic carbocycles. The van der Waals surface area contributed by atoms with Crippen LogP contribution >= 0.6 is 0 Å². The molecular formula is C13H27NO3. The van der Waals surface area contributed by atoms with Gasteiger partial charge in [-0.2, -0.15) is 0 Å². The number of hydrogen-bond acceptors (Lipinski definition) is 4. The topological polar surface area (TPSA) is 53.7 Å². The van der Waals surface area contributed by atoms with E-state index in [-0.39, 0.29) is 5.41 Å². The van der Waals surface area contributed by atoms with Crippen LogP contribution in [0.2, 0.25) is 0 Å². The molecule has 0 saturated heterocycles. The van der Waals surface area contributed by atoms with Crippen molar-refractivity contribution in [3.8, 4) is 0 Å². The molecule has 3 unspecified atom stereocenters. The summed E-state index contributed by atoms with van der Waals surface area (Å²) in [5.41, 5.74) is 6.18. The maximum atomic E-state index is 6.02. The lowest BCUT2D eigenvalue weighted by Crippen LogP contribution is -2.60. The molecule has 0 amide bonds. The van der Waals surface area contributed by atoms with E-state index in [1.807, 2.05) is 0 Å². The molecule has 1 fully saturated rings. The molecular weight excluding hydrogens is 218 g/mol. The summed E-state index contributed by atoms with van der Waals surface area (Å²) in [6, 6.07) is 0.292. The molecule has 1 saturated carbocycles. The Morgan fingerprint density at radius 1 is 1.24 bits per heavy atom. The van der Waals surface area contributed by atoms with Crippen LogP contribution in [0, 0.1) is 5.41 Å². The highest BCUT2D eigenvalue weighted by atomic mass is 16.5. The summed E-state index contributed by atoms with van der Waals surface area (Å²) in [4.78, 5) is 0. The van der Waals surface area contributed by atoms with Gasteiger partial charge in [0.15, 0.2) is 0 Å². The van der Waals surface area contributed by atoms with Crippen LogP contribution in [0.3, 0.4) is 0 Å². The van der Waals surface area contributed by atoms with Crippen molar-refractivity contribution in [3.63, 3.8) is 0 Å². The van der Waals surface area contributed by atoms with E-state index in [0.717, 1.165) is 32.5 Å². The van der Waals surface area contributed by atoms with E-state index in [0.29, 0.717) is 25.4 Å². The largest absolute Gasteiger partial charge is 0.385 e. The summed E-state index contributed by atoms with van der Waals surface area (Å²) in [7, 11) is 1.70. The molecule has 3 atom stereocenters. The van der Waals surface area contributed by atoms with Gasteiger partial charge >= 0.3 is 0 Å². The molecule has 1 aliphatic rings. The molecule has 0 heterocycles. The maximum Gasteiger partial charge on any atom is 0.0704 e. The molecule has 4 nitrogen and oxygen atoms in total. The number of nitrogens with two attached hydrogens (primary N) is 1. The molecule has 0 aromatic rings. The smallest absolute Gasteiger partial charge is 0.0704 e. The third kappa shape index (κ3) is 3.91. The van der Waals surface area contributed by atoms with Gasteiger partial charge in [0.2, 0.25) is 0 Å². The quantitative estimate of drug-likeness (QED) is 0.627. The number of ether oxygens (including phenoxy) is 3. The highest BCUT2D eigenvalue weighted by Gasteiger charge is 2.49. The van der Waals surface area contributed by atoms with E-state index >= 15 is 0 Å². The maximum absolute atomic E-state index is 6.02. The Hall–Kier alpha value is -0.160. The average Bonchev–Trinajstić information content (AvgIpc) is 2.35. The van der Waals surface area contributed by atoms with Gasteiger partial charge in [-0.15, -0.1) is 0 Å². The van der Waals surface area contributed by atoms with Crippen molar-refractivity contribution in [1.29, 1.82) is 0 Å². The first-order valence-electron chi connectivity index (χ1n) is 6.59. The Bertz CT molecular complexity index is 213. The fourth-order valence-corrected chi connectivity index (χ4v) is 2.25. The summed E-state index contributed by atoms with van der Waals surface area (Å²) in [5.74, 6) is 0.